The van der Waals surface area contributed by atoms with Gasteiger partial charge in [0.2, 0.25) is 15.9 Å². The molecule has 1 aliphatic heterocycles. The molecule has 164 valence electrons. The van der Waals surface area contributed by atoms with E-state index in [0.717, 1.165) is 27.7 Å². The van der Waals surface area contributed by atoms with Crippen LogP contribution >= 0.6 is 0 Å². The van der Waals surface area contributed by atoms with Crippen molar-refractivity contribution in [1.29, 1.82) is 0 Å². The summed E-state index contributed by atoms with van der Waals surface area (Å²) in [6.07, 6.45) is 0.875. The summed E-state index contributed by atoms with van der Waals surface area (Å²) in [7, 11) is -3.22. The number of aromatic amines is 1. The molecule has 1 saturated heterocycles. The van der Waals surface area contributed by atoms with E-state index >= 15 is 0 Å². The van der Waals surface area contributed by atoms with E-state index in [-0.39, 0.29) is 17.5 Å². The SMILES string of the molecule is CCS(=O)(=O)N1CCN(C(=O)CCc2c(-c3ccc(F)cc3)[nH]c3ccccc23)CC1. The van der Waals surface area contributed by atoms with Crippen LogP contribution in [0.2, 0.25) is 0 Å². The van der Waals surface area contributed by atoms with Crippen LogP contribution in [0.3, 0.4) is 0 Å². The van der Waals surface area contributed by atoms with Gasteiger partial charge in [0.25, 0.3) is 0 Å². The van der Waals surface area contributed by atoms with Gasteiger partial charge in [0.1, 0.15) is 5.82 Å². The fourth-order valence-corrected chi connectivity index (χ4v) is 5.20. The molecule has 0 aliphatic carbocycles. The van der Waals surface area contributed by atoms with Gasteiger partial charge in [0.05, 0.1) is 5.75 Å². The fraction of sp³-hybridized carbons (Fsp3) is 0.348. The van der Waals surface area contributed by atoms with Crippen molar-refractivity contribution < 1.29 is 17.6 Å². The van der Waals surface area contributed by atoms with Gasteiger partial charge in [-0.25, -0.2) is 12.8 Å². The normalized spacial score (nSPS) is 15.5. The number of nitrogens with one attached hydrogen (secondary N) is 1. The Bertz CT molecular complexity index is 1180. The molecular weight excluding hydrogens is 417 g/mol. The van der Waals surface area contributed by atoms with E-state index in [1.54, 1.807) is 24.0 Å². The zero-order chi connectivity index (χ0) is 22.0. The van der Waals surface area contributed by atoms with E-state index in [1.165, 1.54) is 16.4 Å². The standard InChI is InChI=1S/C23H26FN3O3S/c1-2-31(29,30)27-15-13-26(14-16-27)22(28)12-11-20-19-5-3-4-6-21(19)25-23(20)17-7-9-18(24)10-8-17/h3-10,25H,2,11-16H2,1H3. The van der Waals surface area contributed by atoms with Gasteiger partial charge in [-0.2, -0.15) is 4.31 Å². The first kappa shape index (κ1) is 21.5. The lowest BCUT2D eigenvalue weighted by molar-refractivity contribution is -0.132. The number of sulfonamides is 1. The van der Waals surface area contributed by atoms with Gasteiger partial charge in [-0.05, 0) is 54.8 Å². The summed E-state index contributed by atoms with van der Waals surface area (Å²) < 4.78 is 38.9. The lowest BCUT2D eigenvalue weighted by Crippen LogP contribution is -2.50. The fourth-order valence-electron chi connectivity index (χ4n) is 4.11. The van der Waals surface area contributed by atoms with Gasteiger partial charge in [-0.15, -0.1) is 0 Å². The maximum atomic E-state index is 13.4. The Morgan fingerprint density at radius 3 is 2.39 bits per heavy atom. The van der Waals surface area contributed by atoms with E-state index in [4.69, 9.17) is 0 Å². The molecule has 2 heterocycles. The number of carbonyl (C=O) groups excluding carboxylic acids is 1. The predicted octanol–water partition coefficient (Wildman–Crippen LogP) is 3.40. The van der Waals surface area contributed by atoms with Crippen molar-refractivity contribution in [2.24, 2.45) is 0 Å². The predicted molar refractivity (Wildman–Crippen MR) is 120 cm³/mol. The lowest BCUT2D eigenvalue weighted by atomic mass is 10.0. The average molecular weight is 444 g/mol. The van der Waals surface area contributed by atoms with Crippen LogP contribution < -0.4 is 0 Å². The molecule has 0 spiro atoms. The third kappa shape index (κ3) is 4.50. The summed E-state index contributed by atoms with van der Waals surface area (Å²) in [4.78, 5) is 18.0. The first-order chi connectivity index (χ1) is 14.9. The van der Waals surface area contributed by atoms with Crippen molar-refractivity contribution in [3.05, 3.63) is 59.9 Å². The van der Waals surface area contributed by atoms with Crippen molar-refractivity contribution in [1.82, 2.24) is 14.2 Å². The molecule has 1 fully saturated rings. The Hall–Kier alpha value is -2.71. The smallest absolute Gasteiger partial charge is 0.222 e. The molecule has 0 saturated carbocycles. The van der Waals surface area contributed by atoms with Gasteiger partial charge < -0.3 is 9.88 Å². The molecule has 1 aromatic heterocycles. The Kier molecular flexibility index (Phi) is 6.11. The van der Waals surface area contributed by atoms with E-state index in [1.807, 2.05) is 24.3 Å². The van der Waals surface area contributed by atoms with Gasteiger partial charge in [-0.3, -0.25) is 4.79 Å². The van der Waals surface area contributed by atoms with Crippen LogP contribution in [0.25, 0.3) is 22.2 Å². The number of para-hydroxylation sites is 1. The number of H-pyrrole nitrogens is 1. The summed E-state index contributed by atoms with van der Waals surface area (Å²) in [6.45, 7) is 3.14. The number of benzene rings is 2. The second kappa shape index (κ2) is 8.80. The highest BCUT2D eigenvalue weighted by molar-refractivity contribution is 7.89. The number of carbonyl (C=O) groups is 1. The Morgan fingerprint density at radius 1 is 1.03 bits per heavy atom. The van der Waals surface area contributed by atoms with Crippen molar-refractivity contribution in [3.8, 4) is 11.3 Å². The third-order valence-corrected chi connectivity index (χ3v) is 7.77. The number of fused-ring (bicyclic) bond motifs is 1. The molecule has 0 bridgehead atoms. The number of nitrogens with zero attached hydrogens (tertiary/aromatic N) is 2. The average Bonchev–Trinajstić information content (AvgIpc) is 3.16. The zero-order valence-corrected chi connectivity index (χ0v) is 18.3. The Morgan fingerprint density at radius 2 is 1.71 bits per heavy atom. The number of aromatic nitrogens is 1. The lowest BCUT2D eigenvalue weighted by Gasteiger charge is -2.33. The minimum absolute atomic E-state index is 0.0175. The quantitative estimate of drug-likeness (QED) is 0.635. The van der Waals surface area contributed by atoms with Crippen LogP contribution in [-0.2, 0) is 21.2 Å². The third-order valence-electron chi connectivity index (χ3n) is 5.88. The minimum Gasteiger partial charge on any atom is -0.354 e. The summed E-state index contributed by atoms with van der Waals surface area (Å²) >= 11 is 0. The van der Waals surface area contributed by atoms with Crippen LogP contribution in [0.15, 0.2) is 48.5 Å². The van der Waals surface area contributed by atoms with E-state index in [0.29, 0.717) is 39.0 Å². The topological polar surface area (TPSA) is 73.5 Å². The summed E-state index contributed by atoms with van der Waals surface area (Å²) in [5.41, 5.74) is 3.77. The molecule has 8 heteroatoms. The van der Waals surface area contributed by atoms with Crippen LogP contribution in [-0.4, -0.2) is 60.4 Å². The van der Waals surface area contributed by atoms with Crippen molar-refractivity contribution >= 4 is 26.8 Å². The summed E-state index contributed by atoms with van der Waals surface area (Å²) in [6, 6.07) is 14.3. The van der Waals surface area contributed by atoms with Crippen molar-refractivity contribution in [2.45, 2.75) is 19.8 Å². The molecule has 31 heavy (non-hydrogen) atoms. The molecule has 3 aromatic rings. The molecule has 0 atom stereocenters. The van der Waals surface area contributed by atoms with Crippen molar-refractivity contribution in [2.75, 3.05) is 31.9 Å². The van der Waals surface area contributed by atoms with E-state index in [9.17, 15) is 17.6 Å². The monoisotopic (exact) mass is 443 g/mol. The molecule has 6 nitrogen and oxygen atoms in total. The number of hydrogen-bond acceptors (Lipinski definition) is 3. The first-order valence-corrected chi connectivity index (χ1v) is 12.1. The van der Waals surface area contributed by atoms with Crippen LogP contribution in [0.4, 0.5) is 4.39 Å². The zero-order valence-electron chi connectivity index (χ0n) is 17.5. The van der Waals surface area contributed by atoms with Crippen LogP contribution in [0.1, 0.15) is 18.9 Å². The number of rotatable bonds is 6. The van der Waals surface area contributed by atoms with Crippen LogP contribution in [0.5, 0.6) is 0 Å². The number of amides is 1. The van der Waals surface area contributed by atoms with E-state index < -0.39 is 10.0 Å². The van der Waals surface area contributed by atoms with Gasteiger partial charge >= 0.3 is 0 Å². The molecule has 1 N–H and O–H groups in total. The molecular formula is C23H26FN3O3S. The number of hydrogen-bond donors (Lipinski definition) is 1. The Labute approximate surface area is 181 Å². The Balaban J connectivity index is 1.50. The molecule has 2 aromatic carbocycles. The van der Waals surface area contributed by atoms with Crippen LogP contribution in [0, 0.1) is 5.82 Å². The second-order valence-corrected chi connectivity index (χ2v) is 9.97. The molecule has 1 amide bonds. The maximum absolute atomic E-state index is 13.4. The van der Waals surface area contributed by atoms with Gasteiger partial charge in [0, 0.05) is 49.2 Å². The second-order valence-electron chi connectivity index (χ2n) is 7.71. The molecule has 1 aliphatic rings. The highest BCUT2D eigenvalue weighted by atomic mass is 32.2. The number of halogens is 1. The van der Waals surface area contributed by atoms with E-state index in [2.05, 4.69) is 4.98 Å². The minimum atomic E-state index is -3.22. The first-order valence-electron chi connectivity index (χ1n) is 10.5. The summed E-state index contributed by atoms with van der Waals surface area (Å²) in [5, 5.41) is 1.05. The molecule has 0 radical (unpaired) electrons. The highest BCUT2D eigenvalue weighted by Gasteiger charge is 2.27. The molecule has 0 unspecified atom stereocenters. The summed E-state index contributed by atoms with van der Waals surface area (Å²) in [5.74, 6) is -0.196. The van der Waals surface area contributed by atoms with Gasteiger partial charge in [0.15, 0.2) is 0 Å². The van der Waals surface area contributed by atoms with Crippen molar-refractivity contribution in [3.63, 3.8) is 0 Å². The maximum Gasteiger partial charge on any atom is 0.222 e. The largest absolute Gasteiger partial charge is 0.354 e. The number of aryl methyl sites for hydroxylation is 1. The highest BCUT2D eigenvalue weighted by Crippen LogP contribution is 2.31. The number of piperazine rings is 1. The molecule has 4 rings (SSSR count). The van der Waals surface area contributed by atoms with Gasteiger partial charge in [-0.1, -0.05) is 18.2 Å².